The van der Waals surface area contributed by atoms with Crippen LogP contribution >= 0.6 is 0 Å². The lowest BCUT2D eigenvalue weighted by Crippen LogP contribution is -2.40. The van der Waals surface area contributed by atoms with Crippen LogP contribution in [0.2, 0.25) is 0 Å². The van der Waals surface area contributed by atoms with Gasteiger partial charge in [-0.15, -0.1) is 0 Å². The average Bonchev–Trinajstić information content (AvgIpc) is 3.16. The number of Topliss-reactive ketones (excluding diaryl/α,β-unsaturated/α-hetero) is 1. The fourth-order valence-corrected chi connectivity index (χ4v) is 3.32. The molecule has 1 aliphatic rings. The van der Waals surface area contributed by atoms with E-state index in [1.807, 2.05) is 61.5 Å². The number of likely N-dealkylation sites (tertiary alicyclic amines) is 1. The van der Waals surface area contributed by atoms with E-state index in [0.29, 0.717) is 31.6 Å². The molecule has 1 saturated heterocycles. The molecule has 1 atom stereocenters. The molecule has 0 bridgehead atoms. The molecule has 2 aromatic carbocycles. The Balaban J connectivity index is 1.51. The van der Waals surface area contributed by atoms with E-state index in [4.69, 9.17) is 4.74 Å². The van der Waals surface area contributed by atoms with E-state index in [9.17, 15) is 9.59 Å². The smallest absolute Gasteiger partial charge is 0.223 e. The predicted molar refractivity (Wildman–Crippen MR) is 101 cm³/mol. The highest BCUT2D eigenvalue weighted by Crippen LogP contribution is 2.23. The largest absolute Gasteiger partial charge is 0.494 e. The van der Waals surface area contributed by atoms with Crippen LogP contribution in [0.3, 0.4) is 0 Å². The second-order valence-corrected chi connectivity index (χ2v) is 6.74. The summed E-state index contributed by atoms with van der Waals surface area (Å²) in [5.41, 5.74) is 1.81. The van der Waals surface area contributed by atoms with Gasteiger partial charge in [-0.2, -0.15) is 0 Å². The minimum Gasteiger partial charge on any atom is -0.494 e. The molecule has 3 rings (SSSR count). The lowest BCUT2D eigenvalue weighted by atomic mass is 10.0. The summed E-state index contributed by atoms with van der Waals surface area (Å²) in [4.78, 5) is 27.1. The highest BCUT2D eigenvalue weighted by molar-refractivity contribution is 6.02. The first-order valence-electron chi connectivity index (χ1n) is 9.23. The molecule has 26 heavy (non-hydrogen) atoms. The second-order valence-electron chi connectivity index (χ2n) is 6.74. The van der Waals surface area contributed by atoms with E-state index < -0.39 is 0 Å². The molecule has 0 aliphatic carbocycles. The van der Waals surface area contributed by atoms with Gasteiger partial charge in [0.15, 0.2) is 5.78 Å². The first-order chi connectivity index (χ1) is 12.6. The maximum Gasteiger partial charge on any atom is 0.223 e. The van der Waals surface area contributed by atoms with Crippen molar-refractivity contribution in [3.05, 3.63) is 65.7 Å². The van der Waals surface area contributed by atoms with E-state index in [1.165, 1.54) is 0 Å². The van der Waals surface area contributed by atoms with Crippen LogP contribution in [-0.2, 0) is 4.79 Å². The van der Waals surface area contributed by atoms with Crippen molar-refractivity contribution in [3.63, 3.8) is 0 Å². The minimum absolute atomic E-state index is 0.0459. The zero-order valence-corrected chi connectivity index (χ0v) is 15.2. The molecular formula is C22H25NO3. The number of nitrogens with zero attached hydrogens (tertiary/aromatic N) is 1. The van der Waals surface area contributed by atoms with Crippen molar-refractivity contribution in [1.82, 2.24) is 4.90 Å². The summed E-state index contributed by atoms with van der Waals surface area (Å²) < 4.78 is 5.64. The molecule has 136 valence electrons. The first-order valence-corrected chi connectivity index (χ1v) is 9.23. The van der Waals surface area contributed by atoms with Crippen LogP contribution < -0.4 is 4.74 Å². The quantitative estimate of drug-likeness (QED) is 0.559. The molecule has 0 aromatic heterocycles. The standard InChI is InChI=1S/C22H25NO3/c1-17-11-13-18(14-12-17)22(25)20-9-5-15-23(20)21(24)10-6-16-26-19-7-3-2-4-8-19/h2-4,7-8,11-14,20H,5-6,9-10,15-16H2,1H3. The van der Waals surface area contributed by atoms with Crippen LogP contribution in [0, 0.1) is 6.92 Å². The van der Waals surface area contributed by atoms with Gasteiger partial charge >= 0.3 is 0 Å². The van der Waals surface area contributed by atoms with Gasteiger partial charge in [-0.1, -0.05) is 48.0 Å². The number of carbonyl (C=O) groups excluding carboxylic acids is 2. The van der Waals surface area contributed by atoms with Crippen LogP contribution in [-0.4, -0.2) is 35.8 Å². The van der Waals surface area contributed by atoms with Crippen molar-refractivity contribution in [2.24, 2.45) is 0 Å². The molecule has 2 aromatic rings. The van der Waals surface area contributed by atoms with Gasteiger partial charge in [-0.25, -0.2) is 0 Å². The molecule has 0 radical (unpaired) electrons. The summed E-state index contributed by atoms with van der Waals surface area (Å²) in [6.45, 7) is 3.16. The maximum absolute atomic E-state index is 12.8. The van der Waals surface area contributed by atoms with Gasteiger partial charge in [0, 0.05) is 18.5 Å². The fourth-order valence-electron chi connectivity index (χ4n) is 3.32. The zero-order valence-electron chi connectivity index (χ0n) is 15.2. The third-order valence-corrected chi connectivity index (χ3v) is 4.76. The van der Waals surface area contributed by atoms with Crippen LogP contribution in [0.15, 0.2) is 54.6 Å². The molecule has 1 heterocycles. The summed E-state index contributed by atoms with van der Waals surface area (Å²) in [6, 6.07) is 16.9. The normalized spacial score (nSPS) is 16.5. The number of ether oxygens (including phenoxy) is 1. The molecule has 1 aliphatic heterocycles. The number of aryl methyl sites for hydroxylation is 1. The molecule has 0 N–H and O–H groups in total. The van der Waals surface area contributed by atoms with Crippen molar-refractivity contribution in [1.29, 1.82) is 0 Å². The van der Waals surface area contributed by atoms with Crippen LogP contribution in [0.4, 0.5) is 0 Å². The number of hydrogen-bond acceptors (Lipinski definition) is 3. The molecule has 1 unspecified atom stereocenters. The topological polar surface area (TPSA) is 46.6 Å². The highest BCUT2D eigenvalue weighted by Gasteiger charge is 2.33. The Kier molecular flexibility index (Phi) is 6.05. The van der Waals surface area contributed by atoms with Gasteiger partial charge < -0.3 is 9.64 Å². The van der Waals surface area contributed by atoms with Gasteiger partial charge in [0.05, 0.1) is 12.6 Å². The lowest BCUT2D eigenvalue weighted by Gasteiger charge is -2.24. The molecule has 4 heteroatoms. The summed E-state index contributed by atoms with van der Waals surface area (Å²) in [6.07, 6.45) is 2.69. The van der Waals surface area contributed by atoms with E-state index in [2.05, 4.69) is 0 Å². The Morgan fingerprint density at radius 2 is 1.81 bits per heavy atom. The van der Waals surface area contributed by atoms with Gasteiger partial charge in [0.25, 0.3) is 0 Å². The van der Waals surface area contributed by atoms with Gasteiger partial charge in [0.1, 0.15) is 5.75 Å². The third kappa shape index (κ3) is 4.51. The Morgan fingerprint density at radius 1 is 1.08 bits per heavy atom. The van der Waals surface area contributed by atoms with Crippen LogP contribution in [0.25, 0.3) is 0 Å². The molecule has 0 spiro atoms. The number of rotatable bonds is 7. The number of hydrogen-bond donors (Lipinski definition) is 0. The Morgan fingerprint density at radius 3 is 2.54 bits per heavy atom. The van der Waals surface area contributed by atoms with Crippen LogP contribution in [0.5, 0.6) is 5.75 Å². The van der Waals surface area contributed by atoms with Gasteiger partial charge in [-0.3, -0.25) is 9.59 Å². The number of para-hydroxylation sites is 1. The van der Waals surface area contributed by atoms with E-state index >= 15 is 0 Å². The Hall–Kier alpha value is -2.62. The average molecular weight is 351 g/mol. The molecule has 0 saturated carbocycles. The number of amides is 1. The Bertz CT molecular complexity index is 740. The van der Waals surface area contributed by atoms with Crippen molar-refractivity contribution < 1.29 is 14.3 Å². The van der Waals surface area contributed by atoms with E-state index in [1.54, 1.807) is 4.90 Å². The Labute approximate surface area is 154 Å². The SMILES string of the molecule is Cc1ccc(C(=O)C2CCCN2C(=O)CCCOc2ccccc2)cc1. The van der Waals surface area contributed by atoms with Gasteiger partial charge in [0.2, 0.25) is 5.91 Å². The number of ketones is 1. The second kappa shape index (κ2) is 8.65. The number of benzene rings is 2. The molecule has 1 amide bonds. The van der Waals surface area contributed by atoms with Crippen molar-refractivity contribution in [2.75, 3.05) is 13.2 Å². The van der Waals surface area contributed by atoms with E-state index in [-0.39, 0.29) is 17.7 Å². The van der Waals surface area contributed by atoms with Crippen LogP contribution in [0.1, 0.15) is 41.6 Å². The highest BCUT2D eigenvalue weighted by atomic mass is 16.5. The molecule has 4 nitrogen and oxygen atoms in total. The maximum atomic E-state index is 12.8. The molecular weight excluding hydrogens is 326 g/mol. The fraction of sp³-hybridized carbons (Fsp3) is 0.364. The minimum atomic E-state index is -0.319. The lowest BCUT2D eigenvalue weighted by molar-refractivity contribution is -0.131. The third-order valence-electron chi connectivity index (χ3n) is 4.76. The first kappa shape index (κ1) is 18.2. The van der Waals surface area contributed by atoms with Crippen molar-refractivity contribution in [2.45, 2.75) is 38.6 Å². The predicted octanol–water partition coefficient (Wildman–Crippen LogP) is 4.03. The van der Waals surface area contributed by atoms with Crippen molar-refractivity contribution in [3.8, 4) is 5.75 Å². The summed E-state index contributed by atoms with van der Waals surface area (Å²) in [5, 5.41) is 0. The van der Waals surface area contributed by atoms with E-state index in [0.717, 1.165) is 24.2 Å². The zero-order chi connectivity index (χ0) is 18.4. The molecule has 1 fully saturated rings. The van der Waals surface area contributed by atoms with Crippen molar-refractivity contribution >= 4 is 11.7 Å². The summed E-state index contributed by atoms with van der Waals surface area (Å²) in [7, 11) is 0. The monoisotopic (exact) mass is 351 g/mol. The summed E-state index contributed by atoms with van der Waals surface area (Å²) >= 11 is 0. The van der Waals surface area contributed by atoms with Gasteiger partial charge in [-0.05, 0) is 38.3 Å². The number of carbonyl (C=O) groups is 2. The summed E-state index contributed by atoms with van der Waals surface area (Å²) in [5.74, 6) is 0.912.